The van der Waals surface area contributed by atoms with Gasteiger partial charge < -0.3 is 15.2 Å². The maximum absolute atomic E-state index is 12.8. The average molecular weight is 362 g/mol. The fourth-order valence-electron chi connectivity index (χ4n) is 2.73. The maximum atomic E-state index is 12.8. The van der Waals surface area contributed by atoms with Crippen molar-refractivity contribution in [3.05, 3.63) is 70.7 Å². The third-order valence-electron chi connectivity index (χ3n) is 4.15. The van der Waals surface area contributed by atoms with Gasteiger partial charge in [0.15, 0.2) is 11.6 Å². The third kappa shape index (κ3) is 4.00. The summed E-state index contributed by atoms with van der Waals surface area (Å²) in [7, 11) is 1.41. The molecule has 2 aromatic rings. The monoisotopic (exact) mass is 361 g/mol. The van der Waals surface area contributed by atoms with Crippen molar-refractivity contribution >= 4 is 23.5 Å². The number of methoxy groups -OCH3 is 1. The Hall–Kier alpha value is -2.37. The van der Waals surface area contributed by atoms with Crippen LogP contribution in [0, 0.1) is 0 Å². The number of ether oxygens (including phenoxy) is 1. The van der Waals surface area contributed by atoms with Crippen LogP contribution in [0.3, 0.4) is 0 Å². The van der Waals surface area contributed by atoms with Gasteiger partial charge in [-0.25, -0.2) is 4.79 Å². The minimum Gasteiger partial charge on any atom is -0.479 e. The lowest BCUT2D eigenvalue weighted by atomic mass is 9.86. The summed E-state index contributed by atoms with van der Waals surface area (Å²) in [5.41, 5.74) is -0.468. The first-order valence-electron chi connectivity index (χ1n) is 7.83. The van der Waals surface area contributed by atoms with E-state index in [1.165, 1.54) is 7.11 Å². The number of nitrogens with one attached hydrogen (secondary N) is 1. The van der Waals surface area contributed by atoms with E-state index in [1.807, 2.05) is 6.07 Å². The lowest BCUT2D eigenvalue weighted by Crippen LogP contribution is -2.53. The van der Waals surface area contributed by atoms with E-state index in [-0.39, 0.29) is 6.42 Å². The molecule has 0 aliphatic rings. The van der Waals surface area contributed by atoms with E-state index in [0.29, 0.717) is 16.1 Å². The molecule has 2 rings (SSSR count). The fraction of sp³-hybridized carbons (Fsp3) is 0.263. The third-order valence-corrected chi connectivity index (χ3v) is 4.40. The summed E-state index contributed by atoms with van der Waals surface area (Å²) in [5.74, 6) is -1.67. The van der Waals surface area contributed by atoms with E-state index >= 15 is 0 Å². The summed E-state index contributed by atoms with van der Waals surface area (Å²) in [6, 6.07) is 15.3. The predicted molar refractivity (Wildman–Crippen MR) is 95.4 cm³/mol. The first-order valence-corrected chi connectivity index (χ1v) is 8.21. The molecule has 0 fully saturated rings. The van der Waals surface area contributed by atoms with E-state index in [1.54, 1.807) is 55.5 Å². The number of hydrogen-bond donors (Lipinski definition) is 2. The first-order chi connectivity index (χ1) is 11.9. The van der Waals surface area contributed by atoms with Crippen LogP contribution < -0.4 is 5.32 Å². The van der Waals surface area contributed by atoms with Crippen LogP contribution in [0.25, 0.3) is 0 Å². The number of aliphatic carboxylic acids is 1. The van der Waals surface area contributed by atoms with E-state index in [2.05, 4.69) is 5.32 Å². The number of hydrogen-bond acceptors (Lipinski definition) is 3. The number of carbonyl (C=O) groups excluding carboxylic acids is 1. The van der Waals surface area contributed by atoms with E-state index in [9.17, 15) is 14.7 Å². The number of benzene rings is 2. The van der Waals surface area contributed by atoms with Gasteiger partial charge in [-0.2, -0.15) is 0 Å². The molecular formula is C19H20ClNO4. The average Bonchev–Trinajstić information content (AvgIpc) is 2.62. The maximum Gasteiger partial charge on any atom is 0.334 e. The van der Waals surface area contributed by atoms with Crippen LogP contribution in [0.2, 0.25) is 5.02 Å². The number of carbonyl (C=O) groups is 2. The second kappa shape index (κ2) is 8.14. The molecule has 6 heteroatoms. The van der Waals surface area contributed by atoms with E-state index < -0.39 is 23.5 Å². The molecule has 0 radical (unpaired) electrons. The molecule has 0 saturated heterocycles. The predicted octanol–water partition coefficient (Wildman–Crippen LogP) is 3.53. The molecule has 5 nitrogen and oxygen atoms in total. The Morgan fingerprint density at radius 3 is 2.24 bits per heavy atom. The summed E-state index contributed by atoms with van der Waals surface area (Å²) in [6.07, 6.45) is -0.736. The molecule has 0 saturated carbocycles. The Kier molecular flexibility index (Phi) is 6.17. The van der Waals surface area contributed by atoms with Crippen molar-refractivity contribution in [2.45, 2.75) is 25.0 Å². The van der Waals surface area contributed by atoms with Crippen LogP contribution in [-0.4, -0.2) is 24.1 Å². The number of rotatable bonds is 7. The zero-order valence-corrected chi connectivity index (χ0v) is 14.8. The minimum absolute atomic E-state index is 0.168. The van der Waals surface area contributed by atoms with Crippen LogP contribution in [0.1, 0.15) is 30.6 Å². The van der Waals surface area contributed by atoms with Gasteiger partial charge in [-0.1, -0.05) is 61.0 Å². The molecule has 2 N–H and O–H groups in total. The summed E-state index contributed by atoms with van der Waals surface area (Å²) in [4.78, 5) is 24.8. The van der Waals surface area contributed by atoms with Crippen molar-refractivity contribution in [3.63, 3.8) is 0 Å². The van der Waals surface area contributed by atoms with Gasteiger partial charge in [0.1, 0.15) is 0 Å². The number of halogens is 1. The molecule has 132 valence electrons. The van der Waals surface area contributed by atoms with Crippen LogP contribution in [0.4, 0.5) is 0 Å². The van der Waals surface area contributed by atoms with Gasteiger partial charge in [0.05, 0.1) is 0 Å². The van der Waals surface area contributed by atoms with Crippen molar-refractivity contribution in [2.75, 3.05) is 7.11 Å². The standard InChI is InChI=1S/C19H20ClNO4/c1-3-19(18(23)24,14-9-11-15(20)12-10-14)21-17(22)16(25-2)13-7-5-4-6-8-13/h4-12,16H,3H2,1-2H3,(H,21,22)(H,23,24). The number of amides is 1. The molecule has 2 aromatic carbocycles. The van der Waals surface area contributed by atoms with Gasteiger partial charge in [0.2, 0.25) is 0 Å². The highest BCUT2D eigenvalue weighted by atomic mass is 35.5. The summed E-state index contributed by atoms with van der Waals surface area (Å²) in [5, 5.41) is 13.0. The molecular weight excluding hydrogens is 342 g/mol. The van der Waals surface area contributed by atoms with Gasteiger partial charge in [-0.05, 0) is 29.7 Å². The van der Waals surface area contributed by atoms with Crippen molar-refractivity contribution in [2.24, 2.45) is 0 Å². The molecule has 0 aromatic heterocycles. The van der Waals surface area contributed by atoms with Crippen molar-refractivity contribution in [1.82, 2.24) is 5.32 Å². The molecule has 0 aliphatic carbocycles. The summed E-state index contributed by atoms with van der Waals surface area (Å²) in [6.45, 7) is 1.70. The van der Waals surface area contributed by atoms with Crippen molar-refractivity contribution < 1.29 is 19.4 Å². The molecule has 0 heterocycles. The van der Waals surface area contributed by atoms with E-state index in [0.717, 1.165) is 0 Å². The van der Waals surface area contributed by atoms with Crippen molar-refractivity contribution in [3.8, 4) is 0 Å². The fourth-order valence-corrected chi connectivity index (χ4v) is 2.85. The molecule has 0 spiro atoms. The van der Waals surface area contributed by atoms with Crippen LogP contribution in [0.5, 0.6) is 0 Å². The van der Waals surface area contributed by atoms with Crippen LogP contribution in [0.15, 0.2) is 54.6 Å². The molecule has 2 unspecified atom stereocenters. The molecule has 2 atom stereocenters. The Labute approximate surface area is 151 Å². The van der Waals surface area contributed by atoms with Gasteiger partial charge in [-0.15, -0.1) is 0 Å². The molecule has 25 heavy (non-hydrogen) atoms. The van der Waals surface area contributed by atoms with Gasteiger partial charge >= 0.3 is 5.97 Å². The zero-order valence-electron chi connectivity index (χ0n) is 14.0. The Morgan fingerprint density at radius 2 is 1.76 bits per heavy atom. The van der Waals surface area contributed by atoms with Gasteiger partial charge in [-0.3, -0.25) is 4.79 Å². The zero-order chi connectivity index (χ0) is 18.4. The largest absolute Gasteiger partial charge is 0.479 e. The van der Waals surface area contributed by atoms with Gasteiger partial charge in [0, 0.05) is 12.1 Å². The van der Waals surface area contributed by atoms with Gasteiger partial charge in [0.25, 0.3) is 5.91 Å². The quantitative estimate of drug-likeness (QED) is 0.791. The van der Waals surface area contributed by atoms with Crippen molar-refractivity contribution in [1.29, 1.82) is 0 Å². The highest BCUT2D eigenvalue weighted by Gasteiger charge is 2.41. The normalized spacial score (nSPS) is 14.4. The SMILES string of the molecule is CCC(NC(=O)C(OC)c1ccccc1)(C(=O)O)c1ccc(Cl)cc1. The Balaban J connectivity index is 2.38. The summed E-state index contributed by atoms with van der Waals surface area (Å²) >= 11 is 5.89. The number of carboxylic acid groups (broad SMARTS) is 1. The highest BCUT2D eigenvalue weighted by molar-refractivity contribution is 6.30. The highest BCUT2D eigenvalue weighted by Crippen LogP contribution is 2.29. The second-order valence-electron chi connectivity index (χ2n) is 5.59. The van der Waals surface area contributed by atoms with E-state index in [4.69, 9.17) is 16.3 Å². The molecule has 0 aliphatic heterocycles. The molecule has 1 amide bonds. The van der Waals surface area contributed by atoms with Crippen LogP contribution in [-0.2, 0) is 19.9 Å². The second-order valence-corrected chi connectivity index (χ2v) is 6.02. The number of carboxylic acids is 1. The smallest absolute Gasteiger partial charge is 0.334 e. The van der Waals surface area contributed by atoms with Crippen LogP contribution >= 0.6 is 11.6 Å². The Bertz CT molecular complexity index is 733. The topological polar surface area (TPSA) is 75.6 Å². The Morgan fingerprint density at radius 1 is 1.16 bits per heavy atom. The molecule has 0 bridgehead atoms. The minimum atomic E-state index is -1.56. The lowest BCUT2D eigenvalue weighted by Gasteiger charge is -2.31. The lowest BCUT2D eigenvalue weighted by molar-refractivity contribution is -0.150. The summed E-state index contributed by atoms with van der Waals surface area (Å²) < 4.78 is 5.30. The first kappa shape index (κ1) is 19.0.